The Kier molecular flexibility index (Phi) is 9.55. The van der Waals surface area contributed by atoms with Crippen molar-refractivity contribution in [2.24, 2.45) is 0 Å². The van der Waals surface area contributed by atoms with Gasteiger partial charge in [0.1, 0.15) is 10.8 Å². The predicted octanol–water partition coefficient (Wildman–Crippen LogP) is 7.37. The van der Waals surface area contributed by atoms with Gasteiger partial charge < -0.3 is 14.7 Å². The molecule has 5 rings (SSSR count). The van der Waals surface area contributed by atoms with Gasteiger partial charge in [-0.3, -0.25) is 14.5 Å². The van der Waals surface area contributed by atoms with E-state index in [0.29, 0.717) is 23.0 Å². The molecule has 0 spiro atoms. The molecule has 1 saturated heterocycles. The average molecular weight is 620 g/mol. The third-order valence-corrected chi connectivity index (χ3v) is 7.99. The molecule has 0 aliphatic carbocycles. The zero-order chi connectivity index (χ0) is 29.3. The van der Waals surface area contributed by atoms with Crippen LogP contribution in [0.15, 0.2) is 70.4 Å². The van der Waals surface area contributed by atoms with E-state index in [4.69, 9.17) is 11.6 Å². The van der Waals surface area contributed by atoms with Crippen molar-refractivity contribution >= 4 is 24.0 Å². The van der Waals surface area contributed by atoms with Gasteiger partial charge in [0.05, 0.1) is 11.1 Å². The summed E-state index contributed by atoms with van der Waals surface area (Å²) in [6, 6.07) is 15.6. The first-order valence-electron chi connectivity index (χ1n) is 13.3. The summed E-state index contributed by atoms with van der Waals surface area (Å²) in [7, 11) is 0. The Bertz CT molecular complexity index is 1660. The number of pyridine rings is 2. The second-order valence-electron chi connectivity index (χ2n) is 10.4. The van der Waals surface area contributed by atoms with E-state index in [9.17, 15) is 22.8 Å². The summed E-state index contributed by atoms with van der Waals surface area (Å²) in [4.78, 5) is 34.2. The fourth-order valence-corrected chi connectivity index (χ4v) is 5.56. The molecule has 0 radical (unpaired) electrons. The highest BCUT2D eigenvalue weighted by Crippen LogP contribution is 2.31. The van der Waals surface area contributed by atoms with E-state index >= 15 is 0 Å². The minimum absolute atomic E-state index is 0. The van der Waals surface area contributed by atoms with Gasteiger partial charge in [-0.1, -0.05) is 48.0 Å². The van der Waals surface area contributed by atoms with Gasteiger partial charge in [-0.2, -0.15) is 0 Å². The van der Waals surface area contributed by atoms with Crippen LogP contribution in [-0.4, -0.2) is 34.3 Å². The van der Waals surface area contributed by atoms with Crippen LogP contribution in [0.2, 0.25) is 5.02 Å². The van der Waals surface area contributed by atoms with E-state index < -0.39 is 6.36 Å². The van der Waals surface area contributed by atoms with Crippen molar-refractivity contribution in [3.05, 3.63) is 109 Å². The molecule has 2 N–H and O–H groups in total. The summed E-state index contributed by atoms with van der Waals surface area (Å²) in [5, 5.41) is 0.0718. The van der Waals surface area contributed by atoms with Crippen LogP contribution in [0.3, 0.4) is 0 Å². The normalized spacial score (nSPS) is 14.4. The van der Waals surface area contributed by atoms with Gasteiger partial charge in [-0.25, -0.2) is 0 Å². The molecule has 2 aromatic carbocycles. The number of ether oxygens (including phenoxy) is 1. The third kappa shape index (κ3) is 7.09. The Hall–Kier alpha value is -3.53. The SMILES string of the molecule is Cc1[nH]c(C)c(-c2c[nH]c(-c3ccc(CN4CCC(c5ccc(OC(F)(F)F)cc5)CC4)cc3)cc2=O)c(=O)c1Cl.Cl. The number of hydrogen-bond donors (Lipinski definition) is 2. The summed E-state index contributed by atoms with van der Waals surface area (Å²) in [5.74, 6) is 0.0901. The van der Waals surface area contributed by atoms with Gasteiger partial charge in [0, 0.05) is 35.9 Å². The molecule has 0 saturated carbocycles. The lowest BCUT2D eigenvalue weighted by molar-refractivity contribution is -0.274. The maximum absolute atomic E-state index is 13.0. The van der Waals surface area contributed by atoms with E-state index in [1.807, 2.05) is 24.3 Å². The number of halogens is 5. The lowest BCUT2D eigenvalue weighted by Crippen LogP contribution is -2.32. The maximum Gasteiger partial charge on any atom is 0.573 e. The van der Waals surface area contributed by atoms with Crippen molar-refractivity contribution < 1.29 is 17.9 Å². The molecule has 0 amide bonds. The maximum atomic E-state index is 13.0. The molecule has 1 fully saturated rings. The molecule has 42 heavy (non-hydrogen) atoms. The molecular formula is C31H30Cl2F3N3O3. The number of rotatable bonds is 6. The van der Waals surface area contributed by atoms with Crippen molar-refractivity contribution in [3.8, 4) is 28.1 Å². The molecule has 0 atom stereocenters. The minimum atomic E-state index is -4.69. The van der Waals surface area contributed by atoms with Gasteiger partial charge in [0.2, 0.25) is 5.43 Å². The van der Waals surface area contributed by atoms with Gasteiger partial charge in [0.25, 0.3) is 0 Å². The standard InChI is InChI=1S/C31H29ClF3N3O3.ClH/c1-18-28(30(40)29(32)19(2)37-18)25-16-36-26(15-27(25)39)23-5-3-20(4-6-23)17-38-13-11-22(12-14-38)21-7-9-24(10-8-21)41-31(33,34)35;/h3-10,15-16,22H,11-14,17H2,1-2H3,(H,36,39)(H,37,40);1H. The Balaban J connectivity index is 0.00000405. The lowest BCUT2D eigenvalue weighted by atomic mass is 9.89. The summed E-state index contributed by atoms with van der Waals surface area (Å²) in [6.07, 6.45) is -1.31. The first-order valence-corrected chi connectivity index (χ1v) is 13.7. The van der Waals surface area contributed by atoms with Gasteiger partial charge in [-0.05, 0) is 74.5 Å². The highest BCUT2D eigenvalue weighted by atomic mass is 35.5. The second kappa shape index (κ2) is 12.8. The van der Waals surface area contributed by atoms with Crippen molar-refractivity contribution in [3.63, 3.8) is 0 Å². The first kappa shape index (κ1) is 31.4. The van der Waals surface area contributed by atoms with E-state index in [1.165, 1.54) is 18.2 Å². The second-order valence-corrected chi connectivity index (χ2v) is 10.8. The zero-order valence-corrected chi connectivity index (χ0v) is 24.6. The minimum Gasteiger partial charge on any atom is -0.406 e. The lowest BCUT2D eigenvalue weighted by Gasteiger charge is -2.32. The number of H-pyrrole nitrogens is 2. The fourth-order valence-electron chi connectivity index (χ4n) is 5.42. The molecule has 11 heteroatoms. The number of hydrogen-bond acceptors (Lipinski definition) is 4. The highest BCUT2D eigenvalue weighted by Gasteiger charge is 2.31. The smallest absolute Gasteiger partial charge is 0.406 e. The summed E-state index contributed by atoms with van der Waals surface area (Å²) in [5.41, 5.74) is 4.67. The number of aromatic nitrogens is 2. The number of alkyl halides is 3. The first-order chi connectivity index (χ1) is 19.5. The molecule has 222 valence electrons. The van der Waals surface area contributed by atoms with Gasteiger partial charge in [-0.15, -0.1) is 25.6 Å². The van der Waals surface area contributed by atoms with E-state index in [-0.39, 0.29) is 45.2 Å². The Morgan fingerprint density at radius 2 is 1.62 bits per heavy atom. The van der Waals surface area contributed by atoms with Gasteiger partial charge in [0.15, 0.2) is 5.43 Å². The van der Waals surface area contributed by atoms with Gasteiger partial charge >= 0.3 is 6.36 Å². The molecule has 0 bridgehead atoms. The topological polar surface area (TPSA) is 78.2 Å². The number of aryl methyl sites for hydroxylation is 2. The van der Waals surface area contributed by atoms with Crippen LogP contribution < -0.4 is 15.6 Å². The molecule has 6 nitrogen and oxygen atoms in total. The Morgan fingerprint density at radius 1 is 0.976 bits per heavy atom. The average Bonchev–Trinajstić information content (AvgIpc) is 2.93. The Labute approximate surface area is 251 Å². The zero-order valence-electron chi connectivity index (χ0n) is 23.0. The summed E-state index contributed by atoms with van der Waals surface area (Å²) < 4.78 is 41.2. The monoisotopic (exact) mass is 619 g/mol. The van der Waals surface area contributed by atoms with Crippen molar-refractivity contribution in [1.82, 2.24) is 14.9 Å². The van der Waals surface area contributed by atoms with Crippen molar-refractivity contribution in [2.45, 2.75) is 45.5 Å². The van der Waals surface area contributed by atoms with Crippen molar-refractivity contribution in [1.29, 1.82) is 0 Å². The summed E-state index contributed by atoms with van der Waals surface area (Å²) in [6.45, 7) is 5.98. The molecule has 1 aliphatic rings. The number of likely N-dealkylation sites (tertiary alicyclic amines) is 1. The number of aromatic amines is 2. The third-order valence-electron chi connectivity index (χ3n) is 7.53. The molecular weight excluding hydrogens is 590 g/mol. The Morgan fingerprint density at radius 3 is 2.21 bits per heavy atom. The number of piperidine rings is 1. The molecule has 2 aromatic heterocycles. The van der Waals surface area contributed by atoms with Crippen LogP contribution >= 0.6 is 24.0 Å². The van der Waals surface area contributed by atoms with Crippen LogP contribution in [0.5, 0.6) is 5.75 Å². The highest BCUT2D eigenvalue weighted by molar-refractivity contribution is 6.31. The van der Waals surface area contributed by atoms with Crippen LogP contribution in [-0.2, 0) is 6.54 Å². The number of nitrogens with zero attached hydrogens (tertiary/aromatic N) is 1. The van der Waals surface area contributed by atoms with E-state index in [2.05, 4.69) is 19.6 Å². The van der Waals surface area contributed by atoms with Crippen LogP contribution in [0.25, 0.3) is 22.4 Å². The largest absolute Gasteiger partial charge is 0.573 e. The predicted molar refractivity (Wildman–Crippen MR) is 161 cm³/mol. The van der Waals surface area contributed by atoms with Crippen molar-refractivity contribution in [2.75, 3.05) is 13.1 Å². The van der Waals surface area contributed by atoms with Crippen LogP contribution in [0.4, 0.5) is 13.2 Å². The fraction of sp³-hybridized carbons (Fsp3) is 0.290. The molecule has 3 heterocycles. The molecule has 0 unspecified atom stereocenters. The summed E-state index contributed by atoms with van der Waals surface area (Å²) >= 11 is 6.13. The van der Waals surface area contributed by atoms with E-state index in [1.54, 1.807) is 32.2 Å². The molecule has 1 aliphatic heterocycles. The van der Waals surface area contributed by atoms with Crippen LogP contribution in [0, 0.1) is 13.8 Å². The number of nitrogens with one attached hydrogen (secondary N) is 2. The molecule has 4 aromatic rings. The van der Waals surface area contributed by atoms with Crippen LogP contribution in [0.1, 0.15) is 41.3 Å². The quantitative estimate of drug-likeness (QED) is 0.236. The van der Waals surface area contributed by atoms with E-state index in [0.717, 1.165) is 49.2 Å². The number of benzene rings is 2.